The number of nitrogens with one attached hydrogen (secondary N) is 1. The third kappa shape index (κ3) is 12.5. The number of hydrogen-bond donors (Lipinski definition) is 3. The predicted molar refractivity (Wildman–Crippen MR) is 225 cm³/mol. The van der Waals surface area contributed by atoms with E-state index in [1.54, 1.807) is 35.1 Å². The van der Waals surface area contributed by atoms with Gasteiger partial charge >= 0.3 is 11.9 Å². The van der Waals surface area contributed by atoms with Gasteiger partial charge in [0.15, 0.2) is 11.4 Å². The van der Waals surface area contributed by atoms with E-state index < -0.39 is 47.2 Å². The Labute approximate surface area is 334 Å². The van der Waals surface area contributed by atoms with Gasteiger partial charge in [-0.25, -0.2) is 19.6 Å². The number of hydrogen-bond acceptors (Lipinski definition) is 11. The third-order valence-corrected chi connectivity index (χ3v) is 11.9. The van der Waals surface area contributed by atoms with Gasteiger partial charge in [-0.15, -0.1) is 22.7 Å². The van der Waals surface area contributed by atoms with Crippen LogP contribution in [-0.2, 0) is 9.47 Å². The molecule has 2 aliphatic heterocycles. The molecule has 4 heterocycles. The minimum absolute atomic E-state index is 0.123. The summed E-state index contributed by atoms with van der Waals surface area (Å²) in [5, 5.41) is 30.1. The number of aromatic nitrogens is 2. The number of rotatable bonds is 6. The molecule has 0 saturated carbocycles. The maximum absolute atomic E-state index is 13.4. The largest absolute Gasteiger partial charge is 0.457 e. The third-order valence-electron chi connectivity index (χ3n) is 10.3. The molecule has 4 bridgehead atoms. The standard InChI is InChI=1S/C44H57N3O6S2/c1-9-17-35(48)43(5,6)37-23-15-20-30(4)29(3)19-11-13-25-39-46-34(27-54-39)42(51)53-38(44(7,8)36(49)18-10-2)24-16-22-32-31(45-32)21-12-14-26-40-47-33(28-55-40)41(50)52-37/h9-22,25-32,35-38,45,48-49H,23-24H2,1-8H3/b17-9+,18-10+,19-11+,20-15-,21-12+,22-16-,25-13-,26-14-/t29-,30-,31+,32-,35+,36+,37+,38+/m1/s1. The van der Waals surface area contributed by atoms with Crippen molar-refractivity contribution in [3.63, 3.8) is 0 Å². The van der Waals surface area contributed by atoms with E-state index in [9.17, 15) is 19.8 Å². The Hall–Kier alpha value is -4.00. The maximum Gasteiger partial charge on any atom is 0.358 e. The fourth-order valence-electron chi connectivity index (χ4n) is 5.88. The van der Waals surface area contributed by atoms with E-state index in [2.05, 4.69) is 47.4 Å². The lowest BCUT2D eigenvalue weighted by Gasteiger charge is -2.36. The molecule has 4 rings (SSSR count). The number of carbonyl (C=O) groups excluding carboxylic acids is 2. The Morgan fingerprint density at radius 1 is 0.709 bits per heavy atom. The Morgan fingerprint density at radius 2 is 1.15 bits per heavy atom. The Bertz CT molecular complexity index is 1830. The highest BCUT2D eigenvalue weighted by atomic mass is 32.1. The lowest BCUT2D eigenvalue weighted by atomic mass is 9.78. The molecular formula is C44H57N3O6S2. The monoisotopic (exact) mass is 787 g/mol. The zero-order valence-electron chi connectivity index (χ0n) is 33.2. The molecule has 2 aromatic heterocycles. The van der Waals surface area contributed by atoms with Gasteiger partial charge in [0.1, 0.15) is 22.2 Å². The van der Waals surface area contributed by atoms with Crippen molar-refractivity contribution in [1.29, 1.82) is 0 Å². The van der Waals surface area contributed by atoms with Crippen molar-refractivity contribution in [3.05, 3.63) is 117 Å². The summed E-state index contributed by atoms with van der Waals surface area (Å²) in [6.07, 6.45) is 28.7. The average molecular weight is 788 g/mol. The number of cyclic esters (lactones) is 2. The fraction of sp³-hybridized carbons (Fsp3) is 0.455. The van der Waals surface area contributed by atoms with Gasteiger partial charge in [-0.05, 0) is 37.8 Å². The van der Waals surface area contributed by atoms with Crippen molar-refractivity contribution >= 4 is 46.8 Å². The molecule has 0 unspecified atom stereocenters. The molecule has 8 atom stereocenters. The van der Waals surface area contributed by atoms with Crippen molar-refractivity contribution in [2.45, 2.75) is 105 Å². The van der Waals surface area contributed by atoms with Crippen LogP contribution in [0.25, 0.3) is 12.2 Å². The van der Waals surface area contributed by atoms with Crippen LogP contribution in [-0.4, -0.2) is 68.6 Å². The molecule has 55 heavy (non-hydrogen) atoms. The van der Waals surface area contributed by atoms with Crippen molar-refractivity contribution in [2.24, 2.45) is 22.7 Å². The van der Waals surface area contributed by atoms with Crippen LogP contribution in [0, 0.1) is 22.7 Å². The highest BCUT2D eigenvalue weighted by molar-refractivity contribution is 7.11. The molecule has 2 aromatic rings. The molecule has 9 nitrogen and oxygen atoms in total. The van der Waals surface area contributed by atoms with E-state index in [1.807, 2.05) is 96.2 Å². The lowest BCUT2D eigenvalue weighted by Crippen LogP contribution is -2.42. The second-order valence-corrected chi connectivity index (χ2v) is 17.0. The Balaban J connectivity index is 1.59. The maximum atomic E-state index is 13.4. The minimum Gasteiger partial charge on any atom is -0.457 e. The number of aliphatic hydroxyl groups is 2. The highest BCUT2D eigenvalue weighted by Gasteiger charge is 2.39. The van der Waals surface area contributed by atoms with Crippen LogP contribution in [0.1, 0.15) is 99.2 Å². The highest BCUT2D eigenvalue weighted by Crippen LogP contribution is 2.34. The molecule has 296 valence electrons. The molecule has 3 N–H and O–H groups in total. The zero-order chi connectivity index (χ0) is 40.2. The van der Waals surface area contributed by atoms with Crippen LogP contribution < -0.4 is 5.32 Å². The van der Waals surface area contributed by atoms with Gasteiger partial charge in [-0.3, -0.25) is 0 Å². The van der Waals surface area contributed by atoms with Crippen LogP contribution in [0.15, 0.2) is 95.8 Å². The molecule has 0 radical (unpaired) electrons. The number of allylic oxidation sites excluding steroid dienone is 8. The zero-order valence-corrected chi connectivity index (χ0v) is 34.8. The summed E-state index contributed by atoms with van der Waals surface area (Å²) in [6.45, 7) is 15.5. The van der Waals surface area contributed by atoms with Crippen LogP contribution in [0.5, 0.6) is 0 Å². The summed E-state index contributed by atoms with van der Waals surface area (Å²) in [7, 11) is 0. The summed E-state index contributed by atoms with van der Waals surface area (Å²) < 4.78 is 12.1. The van der Waals surface area contributed by atoms with Gasteiger partial charge < -0.3 is 25.0 Å². The van der Waals surface area contributed by atoms with E-state index in [4.69, 9.17) is 9.47 Å². The molecule has 0 spiro atoms. The summed E-state index contributed by atoms with van der Waals surface area (Å²) in [5.74, 6) is -0.688. The minimum atomic E-state index is -0.819. The van der Waals surface area contributed by atoms with E-state index in [0.717, 1.165) is 0 Å². The number of fused-ring (bicyclic) bond motifs is 5. The number of thiazole rings is 2. The Morgan fingerprint density at radius 3 is 1.64 bits per heavy atom. The first-order valence-electron chi connectivity index (χ1n) is 18.9. The predicted octanol–water partition coefficient (Wildman–Crippen LogP) is 8.93. The molecular weight excluding hydrogens is 731 g/mol. The van der Waals surface area contributed by atoms with Crippen LogP contribution in [0.3, 0.4) is 0 Å². The summed E-state index contributed by atoms with van der Waals surface area (Å²) >= 11 is 2.71. The van der Waals surface area contributed by atoms with Gasteiger partial charge in [0.2, 0.25) is 0 Å². The second-order valence-electron chi connectivity index (χ2n) is 15.3. The summed E-state index contributed by atoms with van der Waals surface area (Å²) in [6, 6.07) is 0.262. The fourth-order valence-corrected chi connectivity index (χ4v) is 7.26. The van der Waals surface area contributed by atoms with E-state index in [0.29, 0.717) is 22.9 Å². The van der Waals surface area contributed by atoms with Gasteiger partial charge in [0.05, 0.1) is 12.2 Å². The first kappa shape index (κ1) is 43.7. The second kappa shape index (κ2) is 20.2. The number of esters is 2. The van der Waals surface area contributed by atoms with Crippen LogP contribution >= 0.6 is 22.7 Å². The first-order valence-corrected chi connectivity index (χ1v) is 20.7. The molecule has 0 aliphatic carbocycles. The van der Waals surface area contributed by atoms with Crippen molar-refractivity contribution in [3.8, 4) is 0 Å². The SMILES string of the molecule is C/C=C/[C@H](O)C(C)(C)[C@@H]1C/C=C\[C@H]2N[C@H]2/C=C/C=C\c2nc(cs2)C(=O)O[C@H](C(C)(C)[C@@H](O)/C=C/C)C/C=C\[C@@H](C)[C@H](C)/C=C/C=C\c2nc(cs2)C(=O)O1. The van der Waals surface area contributed by atoms with Crippen molar-refractivity contribution < 1.29 is 29.3 Å². The van der Waals surface area contributed by atoms with Gasteiger partial charge in [0, 0.05) is 46.5 Å². The van der Waals surface area contributed by atoms with Gasteiger partial charge in [-0.1, -0.05) is 127 Å². The Kier molecular flexibility index (Phi) is 16.1. The smallest absolute Gasteiger partial charge is 0.358 e. The average Bonchev–Trinajstić information content (AvgIpc) is 3.46. The van der Waals surface area contributed by atoms with E-state index in [-0.39, 0.29) is 35.3 Å². The lowest BCUT2D eigenvalue weighted by molar-refractivity contribution is -0.0461. The summed E-state index contributed by atoms with van der Waals surface area (Å²) in [5.41, 5.74) is -1.07. The quantitative estimate of drug-likeness (QED) is 0.149. The molecule has 0 amide bonds. The topological polar surface area (TPSA) is 141 Å². The number of ether oxygens (including phenoxy) is 2. The summed E-state index contributed by atoms with van der Waals surface area (Å²) in [4.78, 5) is 35.7. The van der Waals surface area contributed by atoms with Gasteiger partial charge in [0.25, 0.3) is 0 Å². The molecule has 2 aliphatic rings. The van der Waals surface area contributed by atoms with Crippen LogP contribution in [0.4, 0.5) is 0 Å². The van der Waals surface area contributed by atoms with E-state index >= 15 is 0 Å². The molecule has 11 heteroatoms. The number of carbonyl (C=O) groups is 2. The van der Waals surface area contributed by atoms with Crippen molar-refractivity contribution in [2.75, 3.05) is 0 Å². The van der Waals surface area contributed by atoms with Crippen molar-refractivity contribution in [1.82, 2.24) is 15.3 Å². The number of aliphatic hydroxyl groups excluding tert-OH is 2. The van der Waals surface area contributed by atoms with Gasteiger partial charge in [-0.2, -0.15) is 0 Å². The molecule has 0 aromatic carbocycles. The number of nitrogens with zero attached hydrogens (tertiary/aromatic N) is 2. The van der Waals surface area contributed by atoms with Crippen LogP contribution in [0.2, 0.25) is 0 Å². The first-order chi connectivity index (χ1) is 26.2. The normalized spacial score (nSPS) is 29.6. The molecule has 1 saturated heterocycles. The van der Waals surface area contributed by atoms with E-state index in [1.165, 1.54) is 22.7 Å². The molecule has 1 fully saturated rings.